The van der Waals surface area contributed by atoms with E-state index in [2.05, 4.69) is 30.7 Å². The fraction of sp³-hybridized carbons (Fsp3) is 1.00. The van der Waals surface area contributed by atoms with Gasteiger partial charge in [0.2, 0.25) is 0 Å². The summed E-state index contributed by atoms with van der Waals surface area (Å²) in [5.41, 5.74) is 6.22. The fourth-order valence-electron chi connectivity index (χ4n) is 2.90. The molecule has 3 heteroatoms. The third-order valence-corrected chi connectivity index (χ3v) is 3.99. The predicted molar refractivity (Wildman–Crippen MR) is 75.2 cm³/mol. The molecule has 0 radical (unpaired) electrons. The SMILES string of the molecule is CCCC(C)(CN)CN(C)CCN1CCCC1. The second kappa shape index (κ2) is 7.34. The van der Waals surface area contributed by atoms with E-state index in [9.17, 15) is 0 Å². The summed E-state index contributed by atoms with van der Waals surface area (Å²) in [6.07, 6.45) is 5.24. The Hall–Kier alpha value is -0.120. The van der Waals surface area contributed by atoms with E-state index in [1.807, 2.05) is 0 Å². The first-order chi connectivity index (χ1) is 8.09. The first-order valence-electron chi connectivity index (χ1n) is 7.20. The number of likely N-dealkylation sites (N-methyl/N-ethyl adjacent to an activating group) is 1. The van der Waals surface area contributed by atoms with Gasteiger partial charge in [-0.3, -0.25) is 0 Å². The van der Waals surface area contributed by atoms with E-state index in [0.29, 0.717) is 5.41 Å². The summed E-state index contributed by atoms with van der Waals surface area (Å²) < 4.78 is 0. The van der Waals surface area contributed by atoms with Crippen LogP contribution >= 0.6 is 0 Å². The lowest BCUT2D eigenvalue weighted by molar-refractivity contribution is 0.169. The quantitative estimate of drug-likeness (QED) is 0.703. The van der Waals surface area contributed by atoms with Crippen molar-refractivity contribution in [2.24, 2.45) is 11.1 Å². The van der Waals surface area contributed by atoms with Crippen molar-refractivity contribution in [2.75, 3.05) is 46.3 Å². The maximum Gasteiger partial charge on any atom is 0.0109 e. The van der Waals surface area contributed by atoms with Crippen LogP contribution in [0.3, 0.4) is 0 Å². The Labute approximate surface area is 107 Å². The minimum atomic E-state index is 0.300. The largest absolute Gasteiger partial charge is 0.330 e. The summed E-state index contributed by atoms with van der Waals surface area (Å²) in [5.74, 6) is 0. The molecule has 3 nitrogen and oxygen atoms in total. The maximum atomic E-state index is 5.92. The topological polar surface area (TPSA) is 32.5 Å². The van der Waals surface area contributed by atoms with Gasteiger partial charge in [-0.25, -0.2) is 0 Å². The Bertz CT molecular complexity index is 202. The van der Waals surface area contributed by atoms with Crippen molar-refractivity contribution >= 4 is 0 Å². The van der Waals surface area contributed by atoms with Crippen molar-refractivity contribution < 1.29 is 0 Å². The van der Waals surface area contributed by atoms with Gasteiger partial charge in [0.05, 0.1) is 0 Å². The van der Waals surface area contributed by atoms with Crippen LogP contribution in [0, 0.1) is 5.41 Å². The predicted octanol–water partition coefficient (Wildman–Crippen LogP) is 1.78. The second-order valence-electron chi connectivity index (χ2n) is 6.05. The number of nitrogens with two attached hydrogens (primary N) is 1. The van der Waals surface area contributed by atoms with Gasteiger partial charge in [0.25, 0.3) is 0 Å². The molecule has 0 aromatic carbocycles. The van der Waals surface area contributed by atoms with Crippen LogP contribution in [-0.4, -0.2) is 56.1 Å². The van der Waals surface area contributed by atoms with E-state index in [0.717, 1.165) is 13.1 Å². The molecular formula is C14H31N3. The smallest absolute Gasteiger partial charge is 0.0109 e. The molecule has 1 fully saturated rings. The zero-order valence-corrected chi connectivity index (χ0v) is 12.0. The lowest BCUT2D eigenvalue weighted by atomic mass is 9.85. The van der Waals surface area contributed by atoms with Crippen LogP contribution in [0.2, 0.25) is 0 Å². The van der Waals surface area contributed by atoms with E-state index in [1.54, 1.807) is 0 Å². The van der Waals surface area contributed by atoms with Crippen LogP contribution in [0.1, 0.15) is 39.5 Å². The molecule has 1 heterocycles. The van der Waals surface area contributed by atoms with Crippen molar-refractivity contribution in [1.82, 2.24) is 9.80 Å². The van der Waals surface area contributed by atoms with E-state index >= 15 is 0 Å². The summed E-state index contributed by atoms with van der Waals surface area (Å²) in [4.78, 5) is 5.04. The van der Waals surface area contributed by atoms with Gasteiger partial charge >= 0.3 is 0 Å². The van der Waals surface area contributed by atoms with E-state index in [4.69, 9.17) is 5.73 Å². The number of hydrogen-bond donors (Lipinski definition) is 1. The Morgan fingerprint density at radius 2 is 1.94 bits per heavy atom. The molecule has 2 N–H and O–H groups in total. The van der Waals surface area contributed by atoms with Crippen LogP contribution in [0.15, 0.2) is 0 Å². The van der Waals surface area contributed by atoms with Crippen molar-refractivity contribution in [3.8, 4) is 0 Å². The normalized spacial score (nSPS) is 21.0. The summed E-state index contributed by atoms with van der Waals surface area (Å²) in [7, 11) is 2.24. The number of nitrogens with zero attached hydrogens (tertiary/aromatic N) is 2. The minimum Gasteiger partial charge on any atom is -0.330 e. The number of rotatable bonds is 8. The highest BCUT2D eigenvalue weighted by atomic mass is 15.2. The van der Waals surface area contributed by atoms with Crippen LogP contribution in [-0.2, 0) is 0 Å². The first-order valence-corrected chi connectivity index (χ1v) is 7.20. The fourth-order valence-corrected chi connectivity index (χ4v) is 2.90. The first kappa shape index (κ1) is 14.9. The average molecular weight is 241 g/mol. The number of hydrogen-bond acceptors (Lipinski definition) is 3. The van der Waals surface area contributed by atoms with Gasteiger partial charge < -0.3 is 15.5 Å². The van der Waals surface area contributed by atoms with Crippen LogP contribution in [0.4, 0.5) is 0 Å². The van der Waals surface area contributed by atoms with Crippen molar-refractivity contribution in [1.29, 1.82) is 0 Å². The van der Waals surface area contributed by atoms with Crippen molar-refractivity contribution in [3.63, 3.8) is 0 Å². The molecule has 1 unspecified atom stereocenters. The van der Waals surface area contributed by atoms with Crippen molar-refractivity contribution in [2.45, 2.75) is 39.5 Å². The Kier molecular flexibility index (Phi) is 6.45. The van der Waals surface area contributed by atoms with Gasteiger partial charge in [0.15, 0.2) is 0 Å². The van der Waals surface area contributed by atoms with Gasteiger partial charge in [-0.05, 0) is 51.4 Å². The summed E-state index contributed by atoms with van der Waals surface area (Å²) in [5, 5.41) is 0. The Balaban J connectivity index is 2.24. The standard InChI is InChI=1S/C14H31N3/c1-4-7-14(2,12-15)13-16(3)10-11-17-8-5-6-9-17/h4-13,15H2,1-3H3. The summed E-state index contributed by atoms with van der Waals surface area (Å²) in [6.45, 7) is 11.5. The third kappa shape index (κ3) is 5.36. The molecule has 0 saturated carbocycles. The molecule has 0 aromatic rings. The maximum absolute atomic E-state index is 5.92. The summed E-state index contributed by atoms with van der Waals surface area (Å²) >= 11 is 0. The highest BCUT2D eigenvalue weighted by Gasteiger charge is 2.23. The molecule has 0 spiro atoms. The minimum absolute atomic E-state index is 0.300. The summed E-state index contributed by atoms with van der Waals surface area (Å²) in [6, 6.07) is 0. The van der Waals surface area contributed by atoms with Gasteiger partial charge in [0, 0.05) is 19.6 Å². The molecule has 1 atom stereocenters. The molecule has 0 aromatic heterocycles. The molecular weight excluding hydrogens is 210 g/mol. The number of likely N-dealkylation sites (tertiary alicyclic amines) is 1. The van der Waals surface area contributed by atoms with E-state index in [1.165, 1.54) is 51.9 Å². The van der Waals surface area contributed by atoms with Gasteiger partial charge in [-0.2, -0.15) is 0 Å². The third-order valence-electron chi connectivity index (χ3n) is 3.99. The molecule has 1 aliphatic heterocycles. The van der Waals surface area contributed by atoms with E-state index < -0.39 is 0 Å². The molecule has 17 heavy (non-hydrogen) atoms. The van der Waals surface area contributed by atoms with Crippen molar-refractivity contribution in [3.05, 3.63) is 0 Å². The lowest BCUT2D eigenvalue weighted by Gasteiger charge is -2.33. The molecule has 1 aliphatic rings. The monoisotopic (exact) mass is 241 g/mol. The molecule has 0 aliphatic carbocycles. The average Bonchev–Trinajstić information content (AvgIpc) is 2.79. The van der Waals surface area contributed by atoms with Gasteiger partial charge in [0.1, 0.15) is 0 Å². The Morgan fingerprint density at radius 3 is 2.47 bits per heavy atom. The second-order valence-corrected chi connectivity index (χ2v) is 6.05. The molecule has 0 bridgehead atoms. The molecule has 1 rings (SSSR count). The van der Waals surface area contributed by atoms with Gasteiger partial charge in [-0.1, -0.05) is 20.3 Å². The zero-order chi connectivity index (χ0) is 12.7. The highest BCUT2D eigenvalue weighted by molar-refractivity contribution is 4.79. The van der Waals surface area contributed by atoms with Gasteiger partial charge in [-0.15, -0.1) is 0 Å². The lowest BCUT2D eigenvalue weighted by Crippen LogP contribution is -2.41. The van der Waals surface area contributed by atoms with Crippen LogP contribution in [0.5, 0.6) is 0 Å². The van der Waals surface area contributed by atoms with Crippen LogP contribution < -0.4 is 5.73 Å². The molecule has 1 saturated heterocycles. The zero-order valence-electron chi connectivity index (χ0n) is 12.0. The van der Waals surface area contributed by atoms with Crippen LogP contribution in [0.25, 0.3) is 0 Å². The van der Waals surface area contributed by atoms with E-state index in [-0.39, 0.29) is 0 Å². The molecule has 0 amide bonds. The Morgan fingerprint density at radius 1 is 1.29 bits per heavy atom. The highest BCUT2D eigenvalue weighted by Crippen LogP contribution is 2.22. The molecule has 102 valence electrons.